The lowest BCUT2D eigenvalue weighted by atomic mass is 10.1. The highest BCUT2D eigenvalue weighted by molar-refractivity contribution is 7.93. The molecule has 0 saturated heterocycles. The Bertz CT molecular complexity index is 800. The van der Waals surface area contributed by atoms with Crippen LogP contribution in [0.5, 0.6) is 0 Å². The van der Waals surface area contributed by atoms with Crippen LogP contribution in [0.1, 0.15) is 15.9 Å². The van der Waals surface area contributed by atoms with E-state index in [2.05, 4.69) is 0 Å². The Labute approximate surface area is 128 Å². The van der Waals surface area contributed by atoms with E-state index < -0.39 is 15.8 Å². The molecule has 0 fully saturated rings. The number of Topliss-reactive ketones (excluding diaryl/α,β-unsaturated/α-hetero) is 1. The Kier molecular flexibility index (Phi) is 3.47. The Morgan fingerprint density at radius 1 is 1.05 bits per heavy atom. The van der Waals surface area contributed by atoms with Gasteiger partial charge in [-0.3, -0.25) is 9.10 Å². The fraction of sp³-hybridized carbons (Fsp3) is 0.133. The van der Waals surface area contributed by atoms with Crippen molar-refractivity contribution in [1.82, 2.24) is 0 Å². The first-order valence-corrected chi connectivity index (χ1v) is 8.33. The molecule has 0 bridgehead atoms. The van der Waals surface area contributed by atoms with E-state index in [-0.39, 0.29) is 12.3 Å². The van der Waals surface area contributed by atoms with Crippen LogP contribution in [-0.4, -0.2) is 20.0 Å². The fourth-order valence-electron chi connectivity index (χ4n) is 2.34. The molecule has 0 aliphatic carbocycles. The highest BCUT2D eigenvalue weighted by Crippen LogP contribution is 2.30. The number of fused-ring (bicyclic) bond motifs is 1. The van der Waals surface area contributed by atoms with Crippen LogP contribution in [0, 0.1) is 0 Å². The van der Waals surface area contributed by atoms with Crippen molar-refractivity contribution in [3.63, 3.8) is 0 Å². The summed E-state index contributed by atoms with van der Waals surface area (Å²) in [6.45, 7) is 0.184. The number of carbonyl (C=O) groups is 1. The summed E-state index contributed by atoms with van der Waals surface area (Å²) < 4.78 is 25.9. The zero-order chi connectivity index (χ0) is 15.0. The average molecular weight is 322 g/mol. The van der Waals surface area contributed by atoms with Crippen LogP contribution in [0.3, 0.4) is 0 Å². The van der Waals surface area contributed by atoms with Gasteiger partial charge in [0, 0.05) is 10.6 Å². The maximum Gasteiger partial charge on any atom is 0.243 e. The van der Waals surface area contributed by atoms with Crippen molar-refractivity contribution in [2.75, 3.05) is 10.1 Å². The van der Waals surface area contributed by atoms with Crippen molar-refractivity contribution < 1.29 is 13.2 Å². The zero-order valence-electron chi connectivity index (χ0n) is 11.0. The molecule has 108 valence electrons. The van der Waals surface area contributed by atoms with Crippen LogP contribution in [-0.2, 0) is 16.6 Å². The van der Waals surface area contributed by atoms with E-state index in [1.54, 1.807) is 48.5 Å². The summed E-state index contributed by atoms with van der Waals surface area (Å²) in [6.07, 6.45) is 0. The van der Waals surface area contributed by atoms with Crippen LogP contribution in [0.2, 0.25) is 5.02 Å². The van der Waals surface area contributed by atoms with Crippen molar-refractivity contribution in [3.8, 4) is 0 Å². The van der Waals surface area contributed by atoms with Crippen molar-refractivity contribution in [2.24, 2.45) is 0 Å². The zero-order valence-corrected chi connectivity index (χ0v) is 12.6. The van der Waals surface area contributed by atoms with Crippen LogP contribution in [0.4, 0.5) is 5.69 Å². The van der Waals surface area contributed by atoms with Gasteiger partial charge in [0.25, 0.3) is 0 Å². The maximum absolute atomic E-state index is 12.3. The van der Waals surface area contributed by atoms with E-state index in [0.717, 1.165) is 5.56 Å². The number of carbonyl (C=O) groups excluding carboxylic acids is 1. The van der Waals surface area contributed by atoms with Crippen molar-refractivity contribution in [1.29, 1.82) is 0 Å². The van der Waals surface area contributed by atoms with Crippen molar-refractivity contribution in [2.45, 2.75) is 6.54 Å². The minimum absolute atomic E-state index is 0.184. The smallest absolute Gasteiger partial charge is 0.243 e. The highest BCUT2D eigenvalue weighted by Gasteiger charge is 2.34. The average Bonchev–Trinajstić information content (AvgIpc) is 2.45. The number of para-hydroxylation sites is 1. The van der Waals surface area contributed by atoms with E-state index in [0.29, 0.717) is 16.3 Å². The minimum Gasteiger partial charge on any atom is -0.293 e. The van der Waals surface area contributed by atoms with E-state index in [1.165, 1.54) is 4.31 Å². The topological polar surface area (TPSA) is 54.5 Å². The number of rotatable bonds is 2. The lowest BCUT2D eigenvalue weighted by Crippen LogP contribution is -2.40. The lowest BCUT2D eigenvalue weighted by molar-refractivity contribution is 0.102. The standard InChI is InChI=1S/C15H12ClNO3S/c16-12-7-5-11(6-8-12)9-17-14-4-2-1-3-13(14)15(18)10-21(17,19)20/h1-8H,9-10H2. The van der Waals surface area contributed by atoms with E-state index in [9.17, 15) is 13.2 Å². The minimum atomic E-state index is -3.64. The quantitative estimate of drug-likeness (QED) is 0.854. The molecule has 0 aromatic heterocycles. The van der Waals surface area contributed by atoms with Crippen LogP contribution in [0.15, 0.2) is 48.5 Å². The van der Waals surface area contributed by atoms with E-state index in [1.807, 2.05) is 0 Å². The summed E-state index contributed by atoms with van der Waals surface area (Å²) in [4.78, 5) is 11.9. The third kappa shape index (κ3) is 2.66. The largest absolute Gasteiger partial charge is 0.293 e. The molecule has 0 radical (unpaired) electrons. The predicted octanol–water partition coefficient (Wildman–Crippen LogP) is 2.87. The molecule has 0 spiro atoms. The third-order valence-corrected chi connectivity index (χ3v) is 5.24. The lowest BCUT2D eigenvalue weighted by Gasteiger charge is -2.29. The molecule has 21 heavy (non-hydrogen) atoms. The molecule has 1 heterocycles. The molecule has 0 N–H and O–H groups in total. The molecular formula is C15H12ClNO3S. The van der Waals surface area contributed by atoms with Gasteiger partial charge in [-0.2, -0.15) is 0 Å². The summed E-state index contributed by atoms with van der Waals surface area (Å²) >= 11 is 5.83. The maximum atomic E-state index is 12.3. The van der Waals surface area contributed by atoms with Gasteiger partial charge in [-0.15, -0.1) is 0 Å². The summed E-state index contributed by atoms with van der Waals surface area (Å²) in [5.41, 5.74) is 1.69. The van der Waals surface area contributed by atoms with Gasteiger partial charge in [0.2, 0.25) is 10.0 Å². The fourth-order valence-corrected chi connectivity index (χ4v) is 3.91. The van der Waals surface area contributed by atoms with Gasteiger partial charge in [0.1, 0.15) is 5.75 Å². The summed E-state index contributed by atoms with van der Waals surface area (Å²) in [6, 6.07) is 13.7. The normalized spacial score (nSPS) is 16.6. The van der Waals surface area contributed by atoms with Crippen LogP contribution >= 0.6 is 11.6 Å². The van der Waals surface area contributed by atoms with E-state index >= 15 is 0 Å². The van der Waals surface area contributed by atoms with Gasteiger partial charge in [-0.25, -0.2) is 8.42 Å². The summed E-state index contributed by atoms with van der Waals surface area (Å²) in [5, 5.41) is 0.593. The van der Waals surface area contributed by atoms with Gasteiger partial charge in [0.05, 0.1) is 12.2 Å². The number of sulfonamides is 1. The highest BCUT2D eigenvalue weighted by atomic mass is 35.5. The molecule has 4 nitrogen and oxygen atoms in total. The number of benzene rings is 2. The SMILES string of the molecule is O=C1CS(=O)(=O)N(Cc2ccc(Cl)cc2)c2ccccc21. The number of ketones is 1. The number of halogens is 1. The Balaban J connectivity index is 2.05. The first kappa shape index (κ1) is 14.1. The summed E-state index contributed by atoms with van der Waals surface area (Å²) in [7, 11) is -3.64. The second-order valence-corrected chi connectivity index (χ2v) is 7.16. The molecule has 3 rings (SSSR count). The molecule has 0 atom stereocenters. The van der Waals surface area contributed by atoms with Gasteiger partial charge in [-0.1, -0.05) is 35.9 Å². The van der Waals surface area contributed by atoms with Crippen molar-refractivity contribution in [3.05, 3.63) is 64.7 Å². The Morgan fingerprint density at radius 3 is 2.43 bits per heavy atom. The third-order valence-electron chi connectivity index (χ3n) is 3.36. The number of hydrogen-bond acceptors (Lipinski definition) is 3. The molecule has 1 aliphatic rings. The number of hydrogen-bond donors (Lipinski definition) is 0. The molecular weight excluding hydrogens is 310 g/mol. The monoisotopic (exact) mass is 321 g/mol. The molecule has 1 aliphatic heterocycles. The molecule has 2 aromatic rings. The first-order chi connectivity index (χ1) is 9.97. The molecule has 0 amide bonds. The summed E-state index contributed by atoms with van der Waals surface area (Å²) in [5.74, 6) is -0.851. The Morgan fingerprint density at radius 2 is 1.71 bits per heavy atom. The van der Waals surface area contributed by atoms with Crippen LogP contribution in [0.25, 0.3) is 0 Å². The molecule has 6 heteroatoms. The molecule has 2 aromatic carbocycles. The van der Waals surface area contributed by atoms with Crippen molar-refractivity contribution >= 4 is 33.1 Å². The van der Waals surface area contributed by atoms with Gasteiger partial charge in [0.15, 0.2) is 5.78 Å². The van der Waals surface area contributed by atoms with Gasteiger partial charge < -0.3 is 0 Å². The van der Waals surface area contributed by atoms with E-state index in [4.69, 9.17) is 11.6 Å². The number of anilines is 1. The Hall–Kier alpha value is -1.85. The second-order valence-electron chi connectivity index (χ2n) is 4.83. The molecule has 0 saturated carbocycles. The first-order valence-electron chi connectivity index (χ1n) is 6.34. The number of nitrogens with zero attached hydrogens (tertiary/aromatic N) is 1. The molecule has 0 unspecified atom stereocenters. The van der Waals surface area contributed by atoms with Gasteiger partial charge >= 0.3 is 0 Å². The van der Waals surface area contributed by atoms with Crippen LogP contribution < -0.4 is 4.31 Å². The predicted molar refractivity (Wildman–Crippen MR) is 82.2 cm³/mol. The van der Waals surface area contributed by atoms with Gasteiger partial charge in [-0.05, 0) is 29.8 Å². The second kappa shape index (κ2) is 5.16.